The molecule has 1 aromatic rings. The van der Waals surface area contributed by atoms with Gasteiger partial charge in [0, 0.05) is 27.2 Å². The molecule has 0 atom stereocenters. The molecule has 0 heterocycles. The van der Waals surface area contributed by atoms with Gasteiger partial charge in [-0.3, -0.25) is 4.79 Å². The van der Waals surface area contributed by atoms with Crippen molar-refractivity contribution in [3.63, 3.8) is 0 Å². The lowest BCUT2D eigenvalue weighted by Crippen LogP contribution is -2.29. The summed E-state index contributed by atoms with van der Waals surface area (Å²) in [7, 11) is -0.578. The predicted octanol–water partition coefficient (Wildman–Crippen LogP) is 0.590. The Morgan fingerprint density at radius 1 is 1.30 bits per heavy atom. The zero-order chi connectivity index (χ0) is 15.2. The summed E-state index contributed by atoms with van der Waals surface area (Å²) in [6.07, 6.45) is 0. The van der Waals surface area contributed by atoms with E-state index in [2.05, 4.69) is 5.32 Å². The van der Waals surface area contributed by atoms with Crippen LogP contribution < -0.4 is 5.32 Å². The van der Waals surface area contributed by atoms with Gasteiger partial charge in [0.25, 0.3) is 0 Å². The van der Waals surface area contributed by atoms with E-state index < -0.39 is 10.0 Å². The molecule has 0 radical (unpaired) electrons. The van der Waals surface area contributed by atoms with Crippen LogP contribution in [0.3, 0.4) is 0 Å². The molecular formula is C13H20N2O4S. The van der Waals surface area contributed by atoms with E-state index in [1.54, 1.807) is 25.1 Å². The summed E-state index contributed by atoms with van der Waals surface area (Å²) in [4.78, 5) is 11.7. The van der Waals surface area contributed by atoms with Gasteiger partial charge in [0.1, 0.15) is 6.61 Å². The highest BCUT2D eigenvalue weighted by Gasteiger charge is 2.20. The topological polar surface area (TPSA) is 75.7 Å². The van der Waals surface area contributed by atoms with Crippen molar-refractivity contribution in [2.24, 2.45) is 0 Å². The van der Waals surface area contributed by atoms with Crippen LogP contribution in [0.2, 0.25) is 0 Å². The van der Waals surface area contributed by atoms with E-state index in [1.807, 2.05) is 0 Å². The second kappa shape index (κ2) is 7.37. The number of benzene rings is 1. The fourth-order valence-electron chi connectivity index (χ4n) is 1.54. The SMILES string of the molecule is CCOCC(=O)NCc1ccccc1S(=O)(=O)N(C)C. The van der Waals surface area contributed by atoms with Gasteiger partial charge in [0.15, 0.2) is 0 Å². The number of carbonyl (C=O) groups excluding carboxylic acids is 1. The van der Waals surface area contributed by atoms with Crippen LogP contribution in [0.4, 0.5) is 0 Å². The predicted molar refractivity (Wildman–Crippen MR) is 75.7 cm³/mol. The van der Waals surface area contributed by atoms with Gasteiger partial charge in [-0.15, -0.1) is 0 Å². The first-order valence-corrected chi connectivity index (χ1v) is 7.68. The summed E-state index contributed by atoms with van der Waals surface area (Å²) in [5, 5.41) is 2.64. The average Bonchev–Trinajstić information content (AvgIpc) is 2.42. The molecule has 0 saturated heterocycles. The van der Waals surface area contributed by atoms with Crippen molar-refractivity contribution in [2.75, 3.05) is 27.3 Å². The van der Waals surface area contributed by atoms with Crippen LogP contribution >= 0.6 is 0 Å². The van der Waals surface area contributed by atoms with Crippen molar-refractivity contribution in [2.45, 2.75) is 18.4 Å². The van der Waals surface area contributed by atoms with E-state index in [1.165, 1.54) is 20.2 Å². The molecular weight excluding hydrogens is 280 g/mol. The number of amides is 1. The van der Waals surface area contributed by atoms with Crippen molar-refractivity contribution >= 4 is 15.9 Å². The van der Waals surface area contributed by atoms with E-state index >= 15 is 0 Å². The molecule has 0 unspecified atom stereocenters. The first-order chi connectivity index (χ1) is 9.39. The smallest absolute Gasteiger partial charge is 0.246 e. The molecule has 1 amide bonds. The molecule has 7 heteroatoms. The lowest BCUT2D eigenvalue weighted by molar-refractivity contribution is -0.125. The summed E-state index contributed by atoms with van der Waals surface area (Å²) in [5.74, 6) is -0.274. The van der Waals surface area contributed by atoms with Crippen LogP contribution in [0, 0.1) is 0 Å². The largest absolute Gasteiger partial charge is 0.372 e. The molecule has 1 N–H and O–H groups in total. The molecule has 0 aliphatic heterocycles. The fourth-order valence-corrected chi connectivity index (χ4v) is 2.65. The van der Waals surface area contributed by atoms with Crippen LogP contribution in [0.1, 0.15) is 12.5 Å². The summed E-state index contributed by atoms with van der Waals surface area (Å²) >= 11 is 0. The Kier molecular flexibility index (Phi) is 6.12. The number of ether oxygens (including phenoxy) is 1. The number of rotatable bonds is 7. The van der Waals surface area contributed by atoms with Crippen molar-refractivity contribution in [1.82, 2.24) is 9.62 Å². The highest BCUT2D eigenvalue weighted by atomic mass is 32.2. The van der Waals surface area contributed by atoms with Gasteiger partial charge in [0.2, 0.25) is 15.9 Å². The monoisotopic (exact) mass is 300 g/mol. The number of carbonyl (C=O) groups is 1. The van der Waals surface area contributed by atoms with Gasteiger partial charge >= 0.3 is 0 Å². The van der Waals surface area contributed by atoms with Crippen LogP contribution in [0.15, 0.2) is 29.2 Å². The molecule has 0 bridgehead atoms. The average molecular weight is 300 g/mol. The Labute approximate surface area is 119 Å². The maximum Gasteiger partial charge on any atom is 0.246 e. The Bertz CT molecular complexity index is 555. The van der Waals surface area contributed by atoms with Crippen molar-refractivity contribution in [1.29, 1.82) is 0 Å². The summed E-state index contributed by atoms with van der Waals surface area (Å²) in [6.45, 7) is 2.37. The number of hydrogen-bond donors (Lipinski definition) is 1. The second-order valence-corrected chi connectivity index (χ2v) is 6.43. The number of hydrogen-bond acceptors (Lipinski definition) is 4. The third-order valence-electron chi connectivity index (χ3n) is 2.64. The molecule has 0 fully saturated rings. The van der Waals surface area contributed by atoms with Gasteiger partial charge in [-0.25, -0.2) is 12.7 Å². The maximum atomic E-state index is 12.2. The molecule has 20 heavy (non-hydrogen) atoms. The van der Waals surface area contributed by atoms with E-state index in [0.717, 1.165) is 4.31 Å². The summed E-state index contributed by atoms with van der Waals surface area (Å²) in [5.41, 5.74) is 0.547. The third-order valence-corrected chi connectivity index (χ3v) is 4.56. The van der Waals surface area contributed by atoms with Crippen LogP contribution in [-0.4, -0.2) is 45.9 Å². The molecule has 0 aliphatic carbocycles. The van der Waals surface area contributed by atoms with Crippen LogP contribution in [-0.2, 0) is 26.1 Å². The maximum absolute atomic E-state index is 12.2. The fraction of sp³-hybridized carbons (Fsp3) is 0.462. The lowest BCUT2D eigenvalue weighted by atomic mass is 10.2. The second-order valence-electron chi connectivity index (χ2n) is 4.31. The standard InChI is InChI=1S/C13H20N2O4S/c1-4-19-10-13(16)14-9-11-7-5-6-8-12(11)20(17,18)15(2)3/h5-8H,4,9-10H2,1-3H3,(H,14,16). The first kappa shape index (κ1) is 16.6. The van der Waals surface area contributed by atoms with E-state index in [4.69, 9.17) is 4.74 Å². The van der Waals surface area contributed by atoms with Gasteiger partial charge in [-0.05, 0) is 18.6 Å². The highest BCUT2D eigenvalue weighted by Crippen LogP contribution is 2.18. The molecule has 0 saturated carbocycles. The zero-order valence-corrected chi connectivity index (χ0v) is 12.7. The molecule has 1 rings (SSSR count). The third kappa shape index (κ3) is 4.29. The molecule has 0 aromatic heterocycles. The molecule has 1 aromatic carbocycles. The Morgan fingerprint density at radius 2 is 1.95 bits per heavy atom. The molecule has 0 aliphatic rings. The Hall–Kier alpha value is -1.44. The minimum Gasteiger partial charge on any atom is -0.372 e. The van der Waals surface area contributed by atoms with Gasteiger partial charge in [0.05, 0.1) is 4.90 Å². The Balaban J connectivity index is 2.85. The summed E-state index contributed by atoms with van der Waals surface area (Å²) < 4.78 is 30.4. The van der Waals surface area contributed by atoms with Crippen molar-refractivity contribution < 1.29 is 17.9 Å². The van der Waals surface area contributed by atoms with E-state index in [9.17, 15) is 13.2 Å². The van der Waals surface area contributed by atoms with Crippen LogP contribution in [0.5, 0.6) is 0 Å². The Morgan fingerprint density at radius 3 is 2.55 bits per heavy atom. The highest BCUT2D eigenvalue weighted by molar-refractivity contribution is 7.89. The van der Waals surface area contributed by atoms with Crippen molar-refractivity contribution in [3.8, 4) is 0 Å². The van der Waals surface area contributed by atoms with Crippen molar-refractivity contribution in [3.05, 3.63) is 29.8 Å². The first-order valence-electron chi connectivity index (χ1n) is 6.24. The minimum absolute atomic E-state index is 0.0287. The van der Waals surface area contributed by atoms with Gasteiger partial charge < -0.3 is 10.1 Å². The van der Waals surface area contributed by atoms with Crippen LogP contribution in [0.25, 0.3) is 0 Å². The van der Waals surface area contributed by atoms with E-state index in [-0.39, 0.29) is 24.0 Å². The number of nitrogens with one attached hydrogen (secondary N) is 1. The number of sulfonamides is 1. The lowest BCUT2D eigenvalue weighted by Gasteiger charge is -2.15. The van der Waals surface area contributed by atoms with Gasteiger partial charge in [-0.1, -0.05) is 18.2 Å². The summed E-state index contributed by atoms with van der Waals surface area (Å²) in [6, 6.07) is 6.59. The minimum atomic E-state index is -3.52. The zero-order valence-electron chi connectivity index (χ0n) is 11.9. The normalized spacial score (nSPS) is 11.6. The van der Waals surface area contributed by atoms with E-state index in [0.29, 0.717) is 12.2 Å². The molecule has 0 spiro atoms. The molecule has 112 valence electrons. The van der Waals surface area contributed by atoms with Gasteiger partial charge in [-0.2, -0.15) is 0 Å². The number of nitrogens with zero attached hydrogens (tertiary/aromatic N) is 1. The quantitative estimate of drug-likeness (QED) is 0.799. The molecule has 6 nitrogen and oxygen atoms in total.